The van der Waals surface area contributed by atoms with Crippen LogP contribution >= 0.6 is 21.6 Å². The number of hydrogen-bond donors (Lipinski definition) is 7. The van der Waals surface area contributed by atoms with Crippen molar-refractivity contribution in [3.05, 3.63) is 59.7 Å². The Morgan fingerprint density at radius 2 is 1.35 bits per heavy atom. The number of rotatable bonds is 25. The second-order valence-corrected chi connectivity index (χ2v) is 16.3. The molecule has 1 aliphatic carbocycles. The molecule has 0 bridgehead atoms. The van der Waals surface area contributed by atoms with Crippen molar-refractivity contribution in [1.29, 1.82) is 0 Å². The molecule has 2 aromatic carbocycles. The van der Waals surface area contributed by atoms with Gasteiger partial charge in [0.25, 0.3) is 11.8 Å². The SMILES string of the molecule is CCSSC[C@H](NC(=O)[C@H](CCCCNC(=O)CONC(=O)OCC1c2ccccc2-c2ccccc21)NC(=O)OCCNC(=O)OCCNC(=O)ON1C(=O)CCC1=O)C(N)=O. The Morgan fingerprint density at radius 3 is 1.98 bits per heavy atom. The van der Waals surface area contributed by atoms with Crippen LogP contribution in [0.3, 0.4) is 0 Å². The van der Waals surface area contributed by atoms with Gasteiger partial charge in [0, 0.05) is 36.8 Å². The highest BCUT2D eigenvalue weighted by Crippen LogP contribution is 2.44. The van der Waals surface area contributed by atoms with Gasteiger partial charge in [0.15, 0.2) is 6.61 Å². The fourth-order valence-corrected chi connectivity index (χ4v) is 7.92. The van der Waals surface area contributed by atoms with Crippen molar-refractivity contribution in [1.82, 2.24) is 37.1 Å². The first-order valence-corrected chi connectivity index (χ1v) is 22.4. The summed E-state index contributed by atoms with van der Waals surface area (Å²) in [6, 6.07) is 13.6. The Bertz CT molecular complexity index is 1900. The molecule has 2 atom stereocenters. The van der Waals surface area contributed by atoms with Gasteiger partial charge in [-0.3, -0.25) is 28.8 Å². The maximum atomic E-state index is 13.2. The van der Waals surface area contributed by atoms with Gasteiger partial charge in [-0.25, -0.2) is 19.2 Å². The molecule has 1 fully saturated rings. The summed E-state index contributed by atoms with van der Waals surface area (Å²) < 4.78 is 15.3. The molecule has 0 unspecified atom stereocenters. The quantitative estimate of drug-likeness (QED) is 0.0245. The summed E-state index contributed by atoms with van der Waals surface area (Å²) in [5.41, 5.74) is 11.9. The first-order valence-electron chi connectivity index (χ1n) is 19.9. The van der Waals surface area contributed by atoms with Crippen LogP contribution < -0.4 is 37.8 Å². The van der Waals surface area contributed by atoms with Crippen LogP contribution in [0.25, 0.3) is 11.1 Å². The minimum atomic E-state index is -1.18. The number of hydrogen-bond acceptors (Lipinski definition) is 16. The molecule has 4 rings (SSSR count). The van der Waals surface area contributed by atoms with Gasteiger partial charge in [-0.2, -0.15) is 5.48 Å². The Hall–Kier alpha value is -6.27. The van der Waals surface area contributed by atoms with Crippen molar-refractivity contribution in [2.45, 2.75) is 57.0 Å². The number of carbonyl (C=O) groups excluding carboxylic acids is 9. The van der Waals surface area contributed by atoms with Crippen molar-refractivity contribution in [2.24, 2.45) is 5.73 Å². The third-order valence-electron chi connectivity index (χ3n) is 9.04. The monoisotopic (exact) mass is 918 g/mol. The first-order chi connectivity index (χ1) is 30.4. The molecule has 1 heterocycles. The number of alkyl carbamates (subject to hydrolysis) is 2. The summed E-state index contributed by atoms with van der Waals surface area (Å²) in [5.74, 6) is -2.53. The van der Waals surface area contributed by atoms with E-state index in [1.54, 1.807) is 0 Å². The molecule has 0 aromatic heterocycles. The first kappa shape index (κ1) is 49.4. The summed E-state index contributed by atoms with van der Waals surface area (Å²) in [5, 5.41) is 12.5. The van der Waals surface area contributed by atoms with E-state index in [9.17, 15) is 43.2 Å². The van der Waals surface area contributed by atoms with E-state index in [0.29, 0.717) is 17.9 Å². The second-order valence-electron chi connectivity index (χ2n) is 13.5. The normalized spacial score (nSPS) is 13.7. The number of amides is 9. The molecule has 9 amide bonds. The molecule has 1 saturated heterocycles. The topological polar surface area (TPSA) is 301 Å². The Balaban J connectivity index is 1.12. The highest BCUT2D eigenvalue weighted by molar-refractivity contribution is 8.76. The zero-order valence-electron chi connectivity index (χ0n) is 34.3. The predicted octanol–water partition coefficient (Wildman–Crippen LogP) is 1.73. The van der Waals surface area contributed by atoms with Gasteiger partial charge in [0.2, 0.25) is 17.7 Å². The number of nitrogens with zero attached hydrogens (tertiary/aromatic N) is 1. The van der Waals surface area contributed by atoms with E-state index in [1.807, 2.05) is 55.5 Å². The van der Waals surface area contributed by atoms with E-state index in [-0.39, 0.29) is 70.4 Å². The number of imide groups is 1. The third kappa shape index (κ3) is 16.5. The predicted molar refractivity (Wildman–Crippen MR) is 226 cm³/mol. The maximum absolute atomic E-state index is 13.2. The third-order valence-corrected chi connectivity index (χ3v) is 11.5. The van der Waals surface area contributed by atoms with Crippen LogP contribution in [-0.4, -0.2) is 129 Å². The van der Waals surface area contributed by atoms with Crippen LogP contribution in [0.15, 0.2) is 48.5 Å². The average molecular weight is 919 g/mol. The summed E-state index contributed by atoms with van der Waals surface area (Å²) in [4.78, 5) is 119. The zero-order chi connectivity index (χ0) is 45.6. The number of hydroxylamine groups is 3. The molecule has 2 aromatic rings. The number of carbonyl (C=O) groups is 9. The van der Waals surface area contributed by atoms with Crippen molar-refractivity contribution in [3.8, 4) is 11.1 Å². The van der Waals surface area contributed by atoms with E-state index in [0.717, 1.165) is 28.0 Å². The second kappa shape index (κ2) is 26.3. The van der Waals surface area contributed by atoms with Crippen LogP contribution in [0, 0.1) is 0 Å². The number of nitrogens with one attached hydrogen (secondary N) is 6. The molecule has 1 aliphatic heterocycles. The minimum absolute atomic E-state index is 0.0647. The summed E-state index contributed by atoms with van der Waals surface area (Å²) in [7, 11) is 2.81. The van der Waals surface area contributed by atoms with Crippen molar-refractivity contribution < 1.29 is 67.0 Å². The van der Waals surface area contributed by atoms with Gasteiger partial charge in [-0.05, 0) is 41.5 Å². The number of nitrogens with two attached hydrogens (primary N) is 1. The molecule has 24 heteroatoms. The summed E-state index contributed by atoms with van der Waals surface area (Å²) >= 11 is 0. The standard InChI is InChI=1S/C39H50N8O14S2/c1-2-62-63-23-30(34(40)51)44-35(52)29(45-38(55)58-20-17-42-36(53)57-19-18-43-37(54)61-47-32(49)14-15-33(47)50)13-7-8-16-41-31(48)22-60-46-39(56)59-21-28-26-11-5-3-9-24(26)25-10-4-6-12-27(25)28/h3-6,9-12,28-30H,2,7-8,13-23H2,1H3,(H2,40,51)(H,41,48)(H,42,53)(H,43,54)(H,44,52)(H,45,55)(H,46,56)/t29-,30-/m0/s1. The molecule has 63 heavy (non-hydrogen) atoms. The van der Waals surface area contributed by atoms with Gasteiger partial charge < -0.3 is 51.4 Å². The molecule has 0 spiro atoms. The zero-order valence-corrected chi connectivity index (χ0v) is 35.9. The minimum Gasteiger partial charge on any atom is -0.448 e. The maximum Gasteiger partial charge on any atom is 0.432 e. The Kier molecular flexibility index (Phi) is 20.6. The smallest absolute Gasteiger partial charge is 0.432 e. The number of benzene rings is 2. The van der Waals surface area contributed by atoms with Crippen LogP contribution in [0.4, 0.5) is 19.2 Å². The van der Waals surface area contributed by atoms with Crippen molar-refractivity contribution in [2.75, 3.05) is 57.6 Å². The van der Waals surface area contributed by atoms with E-state index in [1.165, 1.54) is 21.6 Å². The van der Waals surface area contributed by atoms with Crippen LogP contribution in [-0.2, 0) is 47.9 Å². The highest BCUT2D eigenvalue weighted by Gasteiger charge is 2.33. The van der Waals surface area contributed by atoms with Gasteiger partial charge in [-0.1, -0.05) is 77.0 Å². The van der Waals surface area contributed by atoms with Gasteiger partial charge in [-0.15, -0.1) is 5.06 Å². The molecular formula is C39H50N8O14S2. The van der Waals surface area contributed by atoms with Crippen molar-refractivity contribution in [3.63, 3.8) is 0 Å². The highest BCUT2D eigenvalue weighted by atomic mass is 33.1. The molecule has 22 nitrogen and oxygen atoms in total. The number of primary amides is 1. The van der Waals surface area contributed by atoms with E-state index >= 15 is 0 Å². The Labute approximate surface area is 369 Å². The van der Waals surface area contributed by atoms with Crippen molar-refractivity contribution >= 4 is 75.5 Å². The van der Waals surface area contributed by atoms with Gasteiger partial charge >= 0.3 is 24.4 Å². The van der Waals surface area contributed by atoms with Gasteiger partial charge in [0.1, 0.15) is 31.9 Å². The van der Waals surface area contributed by atoms with Crippen LogP contribution in [0.1, 0.15) is 56.1 Å². The van der Waals surface area contributed by atoms with E-state index < -0.39 is 72.6 Å². The molecular weight excluding hydrogens is 869 g/mol. The molecule has 0 radical (unpaired) electrons. The lowest BCUT2D eigenvalue weighted by Crippen LogP contribution is -2.54. The lowest BCUT2D eigenvalue weighted by atomic mass is 9.98. The molecule has 8 N–H and O–H groups in total. The lowest BCUT2D eigenvalue weighted by molar-refractivity contribution is -0.171. The number of unbranched alkanes of at least 4 members (excludes halogenated alkanes) is 1. The number of fused-ring (bicyclic) bond motifs is 3. The van der Waals surface area contributed by atoms with Crippen LogP contribution in [0.2, 0.25) is 0 Å². The lowest BCUT2D eigenvalue weighted by Gasteiger charge is -2.21. The largest absolute Gasteiger partial charge is 0.448 e. The Morgan fingerprint density at radius 1 is 0.730 bits per heavy atom. The fraction of sp³-hybridized carbons (Fsp3) is 0.462. The summed E-state index contributed by atoms with van der Waals surface area (Å²) in [6.45, 7) is 0.597. The molecule has 342 valence electrons. The summed E-state index contributed by atoms with van der Waals surface area (Å²) in [6.07, 6.45) is -3.28. The molecule has 2 aliphatic rings. The average Bonchev–Trinajstić information content (AvgIpc) is 3.76. The fourth-order valence-electron chi connectivity index (χ4n) is 6.08. The van der Waals surface area contributed by atoms with E-state index in [2.05, 4.69) is 36.9 Å². The van der Waals surface area contributed by atoms with Gasteiger partial charge in [0.05, 0.1) is 13.1 Å². The molecule has 0 saturated carbocycles. The van der Waals surface area contributed by atoms with E-state index in [4.69, 9.17) is 24.8 Å². The number of ether oxygens (including phenoxy) is 3. The van der Waals surface area contributed by atoms with Crippen LogP contribution in [0.5, 0.6) is 0 Å².